The number of rotatable bonds is 3. The maximum atomic E-state index is 13.3. The van der Waals surface area contributed by atoms with E-state index >= 15 is 0 Å². The van der Waals surface area contributed by atoms with Crippen LogP contribution in [-0.2, 0) is 17.5 Å². The third-order valence-electron chi connectivity index (χ3n) is 1.98. The third-order valence-corrected chi connectivity index (χ3v) is 2.22. The summed E-state index contributed by atoms with van der Waals surface area (Å²) < 4.78 is 49.9. The first kappa shape index (κ1) is 13.8. The molecule has 1 amide bonds. The number of amides is 1. The average Bonchev–Trinajstić information content (AvgIpc) is 2.25. The van der Waals surface area contributed by atoms with E-state index < -0.39 is 23.5 Å². The van der Waals surface area contributed by atoms with Gasteiger partial charge in [0.05, 0.1) is 5.56 Å². The molecule has 0 saturated heterocycles. The van der Waals surface area contributed by atoms with Crippen molar-refractivity contribution in [3.8, 4) is 0 Å². The van der Waals surface area contributed by atoms with Gasteiger partial charge in [-0.25, -0.2) is 4.39 Å². The minimum atomic E-state index is -4.58. The van der Waals surface area contributed by atoms with Crippen LogP contribution in [0.5, 0.6) is 0 Å². The summed E-state index contributed by atoms with van der Waals surface area (Å²) in [6, 6.07) is 2.13. The van der Waals surface area contributed by atoms with E-state index in [1.54, 1.807) is 0 Å². The molecular weight excluding hydrogens is 262 g/mol. The predicted octanol–water partition coefficient (Wildman–Crippen LogP) is 2.70. The van der Waals surface area contributed by atoms with E-state index in [1.807, 2.05) is 0 Å². The number of hydrogen-bond donors (Lipinski definition) is 1. The lowest BCUT2D eigenvalue weighted by atomic mass is 10.1. The molecule has 94 valence electrons. The molecule has 1 rings (SSSR count). The first-order valence-corrected chi connectivity index (χ1v) is 5.06. The summed E-state index contributed by atoms with van der Waals surface area (Å²) in [4.78, 5) is 10.8. The highest BCUT2D eigenvalue weighted by atomic mass is 35.5. The largest absolute Gasteiger partial charge is 0.416 e. The third kappa shape index (κ3) is 3.89. The molecule has 7 heteroatoms. The van der Waals surface area contributed by atoms with Gasteiger partial charge in [0.15, 0.2) is 0 Å². The Balaban J connectivity index is 2.80. The molecule has 0 unspecified atom stereocenters. The van der Waals surface area contributed by atoms with Crippen LogP contribution in [0.3, 0.4) is 0 Å². The lowest BCUT2D eigenvalue weighted by Crippen LogP contribution is -2.24. The molecule has 17 heavy (non-hydrogen) atoms. The first-order valence-electron chi connectivity index (χ1n) is 4.53. The van der Waals surface area contributed by atoms with Crippen molar-refractivity contribution in [1.82, 2.24) is 5.32 Å². The van der Waals surface area contributed by atoms with Gasteiger partial charge in [-0.05, 0) is 12.1 Å². The molecule has 1 N–H and O–H groups in total. The molecule has 0 saturated carbocycles. The highest BCUT2D eigenvalue weighted by Gasteiger charge is 2.31. The number of carbonyl (C=O) groups is 1. The van der Waals surface area contributed by atoms with Gasteiger partial charge in [-0.3, -0.25) is 4.79 Å². The van der Waals surface area contributed by atoms with Crippen LogP contribution in [0.1, 0.15) is 11.1 Å². The Kier molecular flexibility index (Phi) is 4.34. The molecule has 0 aromatic heterocycles. The smallest absolute Gasteiger partial charge is 0.351 e. The van der Waals surface area contributed by atoms with Crippen molar-refractivity contribution in [2.75, 3.05) is 5.88 Å². The van der Waals surface area contributed by atoms with Crippen LogP contribution >= 0.6 is 11.6 Å². The molecule has 0 fully saturated rings. The van der Waals surface area contributed by atoms with Gasteiger partial charge in [0.2, 0.25) is 5.91 Å². The van der Waals surface area contributed by atoms with Gasteiger partial charge < -0.3 is 5.32 Å². The number of halogens is 5. The molecule has 0 bridgehead atoms. The maximum absolute atomic E-state index is 13.3. The van der Waals surface area contributed by atoms with Crippen LogP contribution in [0.2, 0.25) is 0 Å². The fraction of sp³-hybridized carbons (Fsp3) is 0.300. The zero-order valence-corrected chi connectivity index (χ0v) is 9.20. The van der Waals surface area contributed by atoms with Gasteiger partial charge >= 0.3 is 6.18 Å². The van der Waals surface area contributed by atoms with Crippen molar-refractivity contribution in [1.29, 1.82) is 0 Å². The van der Waals surface area contributed by atoms with Gasteiger partial charge in [-0.15, -0.1) is 11.6 Å². The van der Waals surface area contributed by atoms with Gasteiger partial charge in [0.1, 0.15) is 11.7 Å². The van der Waals surface area contributed by atoms with Crippen LogP contribution in [0.25, 0.3) is 0 Å². The van der Waals surface area contributed by atoms with Crippen molar-refractivity contribution in [2.45, 2.75) is 12.7 Å². The minimum absolute atomic E-state index is 0.0310. The van der Waals surface area contributed by atoms with Crippen molar-refractivity contribution in [2.24, 2.45) is 0 Å². The molecular formula is C10H8ClF4NO. The second-order valence-corrected chi connectivity index (χ2v) is 3.48. The van der Waals surface area contributed by atoms with E-state index in [1.165, 1.54) is 0 Å². The Hall–Kier alpha value is -1.30. The zero-order valence-electron chi connectivity index (χ0n) is 8.44. The standard InChI is InChI=1S/C10H8ClF4NO/c11-4-9(17)16-5-6-1-2-7(3-8(6)12)10(13,14)15/h1-3H,4-5H2,(H,16,17). The Morgan fingerprint density at radius 1 is 1.35 bits per heavy atom. The Labute approximate surface area is 99.6 Å². The number of nitrogens with one attached hydrogen (secondary N) is 1. The van der Waals surface area contributed by atoms with E-state index in [0.29, 0.717) is 6.07 Å². The summed E-state index contributed by atoms with van der Waals surface area (Å²) in [5.74, 6) is -1.83. The highest BCUT2D eigenvalue weighted by Crippen LogP contribution is 2.30. The minimum Gasteiger partial charge on any atom is -0.351 e. The summed E-state index contributed by atoms with van der Waals surface area (Å²) >= 11 is 5.19. The Morgan fingerprint density at radius 3 is 2.47 bits per heavy atom. The fourth-order valence-corrected chi connectivity index (χ4v) is 1.20. The number of hydrogen-bond acceptors (Lipinski definition) is 1. The quantitative estimate of drug-likeness (QED) is 0.663. The van der Waals surface area contributed by atoms with Gasteiger partial charge in [-0.2, -0.15) is 13.2 Å². The monoisotopic (exact) mass is 269 g/mol. The predicted molar refractivity (Wildman–Crippen MR) is 54.0 cm³/mol. The molecule has 0 radical (unpaired) electrons. The van der Waals surface area contributed by atoms with Crippen LogP contribution < -0.4 is 5.32 Å². The van der Waals surface area contributed by atoms with E-state index in [-0.39, 0.29) is 18.0 Å². The molecule has 0 aliphatic heterocycles. The van der Waals surface area contributed by atoms with E-state index in [9.17, 15) is 22.4 Å². The number of alkyl halides is 4. The van der Waals surface area contributed by atoms with Crippen molar-refractivity contribution >= 4 is 17.5 Å². The van der Waals surface area contributed by atoms with Gasteiger partial charge in [0.25, 0.3) is 0 Å². The Morgan fingerprint density at radius 2 is 2.00 bits per heavy atom. The van der Waals surface area contributed by atoms with Crippen LogP contribution in [0.15, 0.2) is 18.2 Å². The lowest BCUT2D eigenvalue weighted by molar-refractivity contribution is -0.137. The second-order valence-electron chi connectivity index (χ2n) is 3.21. The molecule has 0 aliphatic rings. The molecule has 0 atom stereocenters. The van der Waals surface area contributed by atoms with E-state index in [4.69, 9.17) is 11.6 Å². The molecule has 0 spiro atoms. The van der Waals surface area contributed by atoms with Gasteiger partial charge in [0, 0.05) is 12.1 Å². The summed E-state index contributed by atoms with van der Waals surface area (Å²) in [5, 5.41) is 2.26. The topological polar surface area (TPSA) is 29.1 Å². The highest BCUT2D eigenvalue weighted by molar-refractivity contribution is 6.27. The molecule has 2 nitrogen and oxygen atoms in total. The molecule has 0 aliphatic carbocycles. The normalized spacial score (nSPS) is 11.4. The van der Waals surface area contributed by atoms with Crippen molar-refractivity contribution in [3.63, 3.8) is 0 Å². The van der Waals surface area contributed by atoms with Crippen LogP contribution in [-0.4, -0.2) is 11.8 Å². The van der Waals surface area contributed by atoms with E-state index in [2.05, 4.69) is 5.32 Å². The second kappa shape index (κ2) is 5.35. The maximum Gasteiger partial charge on any atom is 0.416 e. The van der Waals surface area contributed by atoms with Crippen molar-refractivity contribution in [3.05, 3.63) is 35.1 Å². The summed E-state index contributed by atoms with van der Waals surface area (Å²) in [5.41, 5.74) is -1.10. The van der Waals surface area contributed by atoms with Crippen LogP contribution in [0.4, 0.5) is 17.6 Å². The molecule has 0 heterocycles. The first-order chi connectivity index (χ1) is 7.84. The van der Waals surface area contributed by atoms with Gasteiger partial charge in [-0.1, -0.05) is 6.07 Å². The number of benzene rings is 1. The molecule has 1 aromatic rings. The number of carbonyl (C=O) groups excluding carboxylic acids is 1. The SMILES string of the molecule is O=C(CCl)NCc1ccc(C(F)(F)F)cc1F. The summed E-state index contributed by atoms with van der Waals surface area (Å²) in [7, 11) is 0. The summed E-state index contributed by atoms with van der Waals surface area (Å²) in [6.45, 7) is -0.199. The Bertz CT molecular complexity index is 419. The van der Waals surface area contributed by atoms with Crippen LogP contribution in [0, 0.1) is 5.82 Å². The van der Waals surface area contributed by atoms with Crippen molar-refractivity contribution < 1.29 is 22.4 Å². The fourth-order valence-electron chi connectivity index (χ4n) is 1.11. The average molecular weight is 270 g/mol. The molecule has 1 aromatic carbocycles. The lowest BCUT2D eigenvalue weighted by Gasteiger charge is -2.09. The zero-order chi connectivity index (χ0) is 13.1. The summed E-state index contributed by atoms with van der Waals surface area (Å²) in [6.07, 6.45) is -4.58. The van der Waals surface area contributed by atoms with E-state index in [0.717, 1.165) is 12.1 Å².